The van der Waals surface area contributed by atoms with Crippen LogP contribution in [0.1, 0.15) is 17.7 Å². The minimum absolute atomic E-state index is 0.232. The van der Waals surface area contributed by atoms with E-state index in [0.717, 1.165) is 37.5 Å². The third-order valence-corrected chi connectivity index (χ3v) is 4.27. The molecule has 0 bridgehead atoms. The zero-order valence-electron chi connectivity index (χ0n) is 13.2. The van der Waals surface area contributed by atoms with Gasteiger partial charge in [-0.15, -0.1) is 0 Å². The Bertz CT molecular complexity index is 600. The Hall–Kier alpha value is -1.85. The topological polar surface area (TPSA) is 50.4 Å². The monoisotopic (exact) mass is 301 g/mol. The lowest BCUT2D eigenvalue weighted by Gasteiger charge is -2.28. The molecule has 5 heteroatoms. The van der Waals surface area contributed by atoms with Gasteiger partial charge < -0.3 is 14.5 Å². The number of imidazole rings is 1. The van der Waals surface area contributed by atoms with Gasteiger partial charge in [0, 0.05) is 38.6 Å². The Morgan fingerprint density at radius 3 is 3.05 bits per heavy atom. The third kappa shape index (κ3) is 3.48. The first kappa shape index (κ1) is 15.1. The Morgan fingerprint density at radius 2 is 2.32 bits per heavy atom. The van der Waals surface area contributed by atoms with Crippen molar-refractivity contribution in [1.29, 1.82) is 0 Å². The summed E-state index contributed by atoms with van der Waals surface area (Å²) in [5.41, 5.74) is 2.10. The van der Waals surface area contributed by atoms with Crippen molar-refractivity contribution in [2.45, 2.75) is 25.5 Å². The Morgan fingerprint density at radius 1 is 1.41 bits per heavy atom. The number of hydrogen-bond donors (Lipinski definition) is 1. The second-order valence-corrected chi connectivity index (χ2v) is 6.03. The number of aromatic nitrogens is 2. The van der Waals surface area contributed by atoms with Crippen molar-refractivity contribution < 1.29 is 9.47 Å². The van der Waals surface area contributed by atoms with Gasteiger partial charge in [-0.1, -0.05) is 12.1 Å². The van der Waals surface area contributed by atoms with Crippen LogP contribution in [0.25, 0.3) is 0 Å². The maximum Gasteiger partial charge on any atom is 0.119 e. The zero-order valence-corrected chi connectivity index (χ0v) is 13.2. The molecule has 1 aliphatic heterocycles. The number of nitrogens with one attached hydrogen (secondary N) is 1. The van der Waals surface area contributed by atoms with Crippen molar-refractivity contribution >= 4 is 0 Å². The van der Waals surface area contributed by atoms with Gasteiger partial charge in [0.05, 0.1) is 6.33 Å². The summed E-state index contributed by atoms with van der Waals surface area (Å²) in [7, 11) is 1.78. The first-order chi connectivity index (χ1) is 10.7. The van der Waals surface area contributed by atoms with Crippen LogP contribution in [0.3, 0.4) is 0 Å². The smallest absolute Gasteiger partial charge is 0.119 e. The van der Waals surface area contributed by atoms with E-state index in [0.29, 0.717) is 6.61 Å². The number of benzene rings is 1. The highest BCUT2D eigenvalue weighted by atomic mass is 16.5. The molecule has 0 aliphatic carbocycles. The number of aryl methyl sites for hydroxylation is 1. The molecule has 1 N–H and O–H groups in total. The molecule has 0 saturated carbocycles. The van der Waals surface area contributed by atoms with Gasteiger partial charge in [0.15, 0.2) is 0 Å². The van der Waals surface area contributed by atoms with Crippen LogP contribution in [0, 0.1) is 6.92 Å². The normalized spacial score (nSPS) is 22.1. The molecule has 2 aromatic rings. The molecule has 2 heterocycles. The van der Waals surface area contributed by atoms with Crippen LogP contribution in [-0.4, -0.2) is 47.3 Å². The zero-order chi connectivity index (χ0) is 15.4. The van der Waals surface area contributed by atoms with Gasteiger partial charge in [-0.3, -0.25) is 4.90 Å². The van der Waals surface area contributed by atoms with E-state index in [1.54, 1.807) is 13.4 Å². The summed E-state index contributed by atoms with van der Waals surface area (Å²) in [4.78, 5) is 9.59. The van der Waals surface area contributed by atoms with E-state index >= 15 is 0 Å². The standard InChI is InChI=1S/C17H23N3O2/c1-14-4-3-5-16(8-14)22-12-17(21-2)6-7-20(11-17)10-15-9-18-13-19-15/h3-5,8-9,13H,6-7,10-12H2,1-2H3,(H,18,19)/t17-/m0/s1. The molecule has 0 spiro atoms. The summed E-state index contributed by atoms with van der Waals surface area (Å²) in [6.45, 7) is 5.39. The minimum atomic E-state index is -0.232. The SMILES string of the molecule is CO[C@@]1(COc2cccc(C)c2)CCN(Cc2cnc[nH]2)C1. The van der Waals surface area contributed by atoms with Crippen molar-refractivity contribution in [1.82, 2.24) is 14.9 Å². The van der Waals surface area contributed by atoms with E-state index in [9.17, 15) is 0 Å². The van der Waals surface area contributed by atoms with Crippen molar-refractivity contribution in [3.05, 3.63) is 48.0 Å². The molecule has 1 aromatic carbocycles. The maximum absolute atomic E-state index is 5.98. The van der Waals surface area contributed by atoms with Gasteiger partial charge in [-0.25, -0.2) is 4.98 Å². The van der Waals surface area contributed by atoms with Crippen LogP contribution in [0.5, 0.6) is 5.75 Å². The number of H-pyrrole nitrogens is 1. The Labute approximate surface area is 131 Å². The number of likely N-dealkylation sites (tertiary alicyclic amines) is 1. The summed E-state index contributed by atoms with van der Waals surface area (Å²) >= 11 is 0. The lowest BCUT2D eigenvalue weighted by molar-refractivity contribution is -0.0360. The number of rotatable bonds is 6. The molecule has 0 unspecified atom stereocenters. The summed E-state index contributed by atoms with van der Waals surface area (Å²) in [5, 5.41) is 0. The average molecular weight is 301 g/mol. The fourth-order valence-corrected chi connectivity index (χ4v) is 2.94. The number of hydrogen-bond acceptors (Lipinski definition) is 4. The summed E-state index contributed by atoms with van der Waals surface area (Å²) < 4.78 is 11.8. The number of aromatic amines is 1. The van der Waals surface area contributed by atoms with Crippen LogP contribution in [0.15, 0.2) is 36.8 Å². The molecule has 1 atom stereocenters. The number of ether oxygens (including phenoxy) is 2. The Balaban J connectivity index is 1.58. The summed E-state index contributed by atoms with van der Waals surface area (Å²) in [6.07, 6.45) is 4.56. The van der Waals surface area contributed by atoms with Gasteiger partial charge in [-0.05, 0) is 31.0 Å². The molecule has 0 radical (unpaired) electrons. The Kier molecular flexibility index (Phi) is 4.45. The molecule has 1 saturated heterocycles. The van der Waals surface area contributed by atoms with Crippen molar-refractivity contribution in [3.8, 4) is 5.75 Å². The van der Waals surface area contributed by atoms with Gasteiger partial charge in [0.2, 0.25) is 0 Å². The lowest BCUT2D eigenvalue weighted by Crippen LogP contribution is -2.41. The van der Waals surface area contributed by atoms with Gasteiger partial charge in [0.25, 0.3) is 0 Å². The second-order valence-electron chi connectivity index (χ2n) is 6.03. The minimum Gasteiger partial charge on any atom is -0.491 e. The fraction of sp³-hybridized carbons (Fsp3) is 0.471. The molecule has 118 valence electrons. The fourth-order valence-electron chi connectivity index (χ4n) is 2.94. The van der Waals surface area contributed by atoms with Gasteiger partial charge in [0.1, 0.15) is 18.0 Å². The van der Waals surface area contributed by atoms with E-state index < -0.39 is 0 Å². The van der Waals surface area contributed by atoms with Crippen molar-refractivity contribution in [2.24, 2.45) is 0 Å². The highest BCUT2D eigenvalue weighted by Crippen LogP contribution is 2.27. The molecule has 1 aromatic heterocycles. The van der Waals surface area contributed by atoms with E-state index in [1.165, 1.54) is 5.56 Å². The first-order valence-corrected chi connectivity index (χ1v) is 7.63. The van der Waals surface area contributed by atoms with E-state index in [4.69, 9.17) is 9.47 Å². The molecule has 22 heavy (non-hydrogen) atoms. The molecule has 0 amide bonds. The van der Waals surface area contributed by atoms with Crippen LogP contribution in [0.2, 0.25) is 0 Å². The van der Waals surface area contributed by atoms with Crippen LogP contribution >= 0.6 is 0 Å². The molecular weight excluding hydrogens is 278 g/mol. The van der Waals surface area contributed by atoms with Crippen LogP contribution < -0.4 is 4.74 Å². The highest BCUT2D eigenvalue weighted by Gasteiger charge is 2.39. The summed E-state index contributed by atoms with van der Waals surface area (Å²) in [6, 6.07) is 8.14. The average Bonchev–Trinajstić information content (AvgIpc) is 3.16. The third-order valence-electron chi connectivity index (χ3n) is 4.27. The summed E-state index contributed by atoms with van der Waals surface area (Å²) in [5.74, 6) is 0.906. The predicted octanol–water partition coefficient (Wildman–Crippen LogP) is 2.39. The predicted molar refractivity (Wildman–Crippen MR) is 84.9 cm³/mol. The van der Waals surface area contributed by atoms with E-state index in [-0.39, 0.29) is 5.60 Å². The van der Waals surface area contributed by atoms with Crippen LogP contribution in [0.4, 0.5) is 0 Å². The maximum atomic E-state index is 5.98. The largest absolute Gasteiger partial charge is 0.491 e. The number of nitrogens with zero attached hydrogens (tertiary/aromatic N) is 2. The van der Waals surface area contributed by atoms with Crippen LogP contribution in [-0.2, 0) is 11.3 Å². The van der Waals surface area contributed by atoms with E-state index in [1.807, 2.05) is 18.3 Å². The quantitative estimate of drug-likeness (QED) is 0.890. The molecule has 1 fully saturated rings. The molecule has 3 rings (SSSR count). The van der Waals surface area contributed by atoms with Gasteiger partial charge in [-0.2, -0.15) is 0 Å². The first-order valence-electron chi connectivity index (χ1n) is 7.63. The molecule has 5 nitrogen and oxygen atoms in total. The highest BCUT2D eigenvalue weighted by molar-refractivity contribution is 5.27. The number of methoxy groups -OCH3 is 1. The molecular formula is C17H23N3O2. The van der Waals surface area contributed by atoms with Crippen molar-refractivity contribution in [3.63, 3.8) is 0 Å². The molecule has 1 aliphatic rings. The second kappa shape index (κ2) is 6.50. The van der Waals surface area contributed by atoms with Crippen molar-refractivity contribution in [2.75, 3.05) is 26.8 Å². The lowest BCUT2D eigenvalue weighted by atomic mass is 10.0. The van der Waals surface area contributed by atoms with E-state index in [2.05, 4.69) is 33.9 Å². The van der Waals surface area contributed by atoms with Gasteiger partial charge >= 0.3 is 0 Å².